The number of methoxy groups -OCH3 is 1. The van der Waals surface area contributed by atoms with Crippen molar-refractivity contribution in [1.29, 1.82) is 0 Å². The topological polar surface area (TPSA) is 36.5 Å². The molecule has 0 spiro atoms. The van der Waals surface area contributed by atoms with Crippen LogP contribution >= 0.6 is 23.8 Å². The van der Waals surface area contributed by atoms with Crippen molar-refractivity contribution in [3.05, 3.63) is 53.1 Å². The molecular formula is C21H26ClN3OS. The van der Waals surface area contributed by atoms with E-state index in [9.17, 15) is 0 Å². The molecule has 4 nitrogen and oxygen atoms in total. The third kappa shape index (κ3) is 5.27. The smallest absolute Gasteiger partial charge is 0.171 e. The van der Waals surface area contributed by atoms with E-state index in [2.05, 4.69) is 46.7 Å². The molecule has 0 bridgehead atoms. The molecule has 2 aromatic rings. The van der Waals surface area contributed by atoms with Gasteiger partial charge in [0.15, 0.2) is 5.11 Å². The van der Waals surface area contributed by atoms with Crippen molar-refractivity contribution in [3.63, 3.8) is 0 Å². The van der Waals surface area contributed by atoms with Gasteiger partial charge in [0.1, 0.15) is 5.75 Å². The molecule has 1 aliphatic heterocycles. The van der Waals surface area contributed by atoms with Crippen molar-refractivity contribution >= 4 is 40.3 Å². The van der Waals surface area contributed by atoms with Gasteiger partial charge in [-0.3, -0.25) is 0 Å². The molecule has 0 aromatic heterocycles. The number of piperidine rings is 1. The zero-order valence-corrected chi connectivity index (χ0v) is 17.4. The van der Waals surface area contributed by atoms with E-state index in [0.29, 0.717) is 15.9 Å². The third-order valence-corrected chi connectivity index (χ3v) is 5.39. The lowest BCUT2D eigenvalue weighted by molar-refractivity contribution is 0.415. The van der Waals surface area contributed by atoms with Crippen LogP contribution in [-0.2, 0) is 0 Å². The highest BCUT2D eigenvalue weighted by molar-refractivity contribution is 7.80. The molecule has 1 heterocycles. The quantitative estimate of drug-likeness (QED) is 0.655. The van der Waals surface area contributed by atoms with E-state index in [4.69, 9.17) is 28.6 Å². The monoisotopic (exact) mass is 403 g/mol. The van der Waals surface area contributed by atoms with Crippen molar-refractivity contribution < 1.29 is 4.74 Å². The minimum Gasteiger partial charge on any atom is -0.495 e. The van der Waals surface area contributed by atoms with Gasteiger partial charge in [-0.2, -0.15) is 0 Å². The number of thiocarbonyl (C=S) groups is 1. The third-order valence-electron chi connectivity index (χ3n) is 4.87. The van der Waals surface area contributed by atoms with Crippen LogP contribution in [0.3, 0.4) is 0 Å². The van der Waals surface area contributed by atoms with E-state index in [1.54, 1.807) is 13.2 Å². The molecule has 3 rings (SSSR count). The lowest BCUT2D eigenvalue weighted by Gasteiger charge is -2.29. The van der Waals surface area contributed by atoms with Crippen LogP contribution in [-0.4, -0.2) is 25.3 Å². The molecule has 0 aliphatic carbocycles. The van der Waals surface area contributed by atoms with Crippen LogP contribution in [0.25, 0.3) is 0 Å². The summed E-state index contributed by atoms with van der Waals surface area (Å²) in [6.07, 6.45) is 3.92. The minimum absolute atomic E-state index is 0.106. The first-order valence-electron chi connectivity index (χ1n) is 9.33. The summed E-state index contributed by atoms with van der Waals surface area (Å²) in [6, 6.07) is 14.4. The average molecular weight is 404 g/mol. The number of ether oxygens (including phenoxy) is 1. The first kappa shape index (κ1) is 19.8. The van der Waals surface area contributed by atoms with Crippen LogP contribution in [0.4, 0.5) is 11.4 Å². The fraction of sp³-hybridized carbons (Fsp3) is 0.381. The van der Waals surface area contributed by atoms with Crippen molar-refractivity contribution in [2.24, 2.45) is 0 Å². The second-order valence-electron chi connectivity index (χ2n) is 6.81. The summed E-state index contributed by atoms with van der Waals surface area (Å²) in [5.74, 6) is 0.642. The van der Waals surface area contributed by atoms with E-state index >= 15 is 0 Å². The van der Waals surface area contributed by atoms with E-state index in [1.165, 1.54) is 30.5 Å². The summed E-state index contributed by atoms with van der Waals surface area (Å²) in [5, 5.41) is 7.60. The Balaban J connectivity index is 1.56. The normalized spacial score (nSPS) is 15.1. The largest absolute Gasteiger partial charge is 0.495 e. The molecule has 0 radical (unpaired) electrons. The van der Waals surface area contributed by atoms with Crippen LogP contribution in [0.2, 0.25) is 5.02 Å². The molecule has 1 atom stereocenters. The Hall–Kier alpha value is -1.98. The van der Waals surface area contributed by atoms with Gasteiger partial charge in [0.25, 0.3) is 0 Å². The SMILES string of the molecule is COc1ccc(NC(=S)N[C@@H](C)c2ccc(N3CCCCC3)cc2)cc1Cl. The van der Waals surface area contributed by atoms with E-state index in [-0.39, 0.29) is 6.04 Å². The highest BCUT2D eigenvalue weighted by atomic mass is 35.5. The summed E-state index contributed by atoms with van der Waals surface area (Å²) >= 11 is 11.6. The number of nitrogens with one attached hydrogen (secondary N) is 2. The number of hydrogen-bond donors (Lipinski definition) is 2. The summed E-state index contributed by atoms with van der Waals surface area (Å²) in [6.45, 7) is 4.42. The Morgan fingerprint density at radius 1 is 1.11 bits per heavy atom. The van der Waals surface area contributed by atoms with Gasteiger partial charge in [-0.05, 0) is 74.3 Å². The van der Waals surface area contributed by atoms with Crippen molar-refractivity contribution in [1.82, 2.24) is 5.32 Å². The molecule has 2 N–H and O–H groups in total. The zero-order chi connectivity index (χ0) is 19.2. The molecule has 1 saturated heterocycles. The van der Waals surface area contributed by atoms with Crippen LogP contribution in [0.5, 0.6) is 5.75 Å². The molecule has 0 unspecified atom stereocenters. The fourth-order valence-electron chi connectivity index (χ4n) is 3.32. The Morgan fingerprint density at radius 2 is 1.81 bits per heavy atom. The van der Waals surface area contributed by atoms with E-state index < -0.39 is 0 Å². The predicted octanol–water partition coefficient (Wildman–Crippen LogP) is 5.39. The van der Waals surface area contributed by atoms with Crippen molar-refractivity contribution in [2.75, 3.05) is 30.4 Å². The summed E-state index contributed by atoms with van der Waals surface area (Å²) in [7, 11) is 1.60. The van der Waals surface area contributed by atoms with E-state index in [1.807, 2.05) is 12.1 Å². The number of anilines is 2. The highest BCUT2D eigenvalue weighted by Gasteiger charge is 2.12. The highest BCUT2D eigenvalue weighted by Crippen LogP contribution is 2.27. The van der Waals surface area contributed by atoms with Gasteiger partial charge in [0, 0.05) is 24.5 Å². The van der Waals surface area contributed by atoms with E-state index in [0.717, 1.165) is 18.8 Å². The molecule has 6 heteroatoms. The minimum atomic E-state index is 0.106. The lowest BCUT2D eigenvalue weighted by atomic mass is 10.1. The maximum Gasteiger partial charge on any atom is 0.171 e. The standard InChI is InChI=1S/C21H26ClN3OS/c1-15(16-6-9-18(10-7-16)25-12-4-3-5-13-25)23-21(27)24-17-8-11-20(26-2)19(22)14-17/h6-11,14-15H,3-5,12-13H2,1-2H3,(H2,23,24,27)/t15-/m0/s1. The lowest BCUT2D eigenvalue weighted by Crippen LogP contribution is -2.31. The Kier molecular flexibility index (Phi) is 6.80. The predicted molar refractivity (Wildman–Crippen MR) is 118 cm³/mol. The Bertz CT molecular complexity index is 775. The first-order chi connectivity index (χ1) is 13.1. The zero-order valence-electron chi connectivity index (χ0n) is 15.8. The first-order valence-corrected chi connectivity index (χ1v) is 10.1. The number of halogens is 1. The summed E-state index contributed by atoms with van der Waals surface area (Å²) in [4.78, 5) is 2.46. The second-order valence-corrected chi connectivity index (χ2v) is 7.62. The van der Waals surface area contributed by atoms with Crippen LogP contribution in [0.1, 0.15) is 37.8 Å². The fourth-order valence-corrected chi connectivity index (χ4v) is 3.87. The molecule has 27 heavy (non-hydrogen) atoms. The van der Waals surface area contributed by atoms with Gasteiger partial charge in [-0.15, -0.1) is 0 Å². The van der Waals surface area contributed by atoms with Crippen molar-refractivity contribution in [3.8, 4) is 5.75 Å². The van der Waals surface area contributed by atoms with Gasteiger partial charge >= 0.3 is 0 Å². The Labute approximate surface area is 171 Å². The van der Waals surface area contributed by atoms with Gasteiger partial charge in [0.05, 0.1) is 18.2 Å². The van der Waals surface area contributed by atoms with Crippen LogP contribution < -0.4 is 20.3 Å². The molecule has 2 aromatic carbocycles. The molecule has 0 amide bonds. The van der Waals surface area contributed by atoms with Crippen LogP contribution in [0.15, 0.2) is 42.5 Å². The molecular weight excluding hydrogens is 378 g/mol. The second kappa shape index (κ2) is 9.29. The van der Waals surface area contributed by atoms with Crippen molar-refractivity contribution in [2.45, 2.75) is 32.2 Å². The van der Waals surface area contributed by atoms with Gasteiger partial charge in [-0.1, -0.05) is 23.7 Å². The molecule has 1 fully saturated rings. The number of benzene rings is 2. The molecule has 144 valence electrons. The van der Waals surface area contributed by atoms with Gasteiger partial charge in [-0.25, -0.2) is 0 Å². The summed E-state index contributed by atoms with van der Waals surface area (Å²) in [5.41, 5.74) is 3.33. The Morgan fingerprint density at radius 3 is 2.44 bits per heavy atom. The average Bonchev–Trinajstić information content (AvgIpc) is 2.69. The van der Waals surface area contributed by atoms with Gasteiger partial charge < -0.3 is 20.3 Å². The number of nitrogens with zero attached hydrogens (tertiary/aromatic N) is 1. The number of rotatable bonds is 5. The molecule has 0 saturated carbocycles. The molecule has 1 aliphatic rings. The maximum atomic E-state index is 6.16. The van der Waals surface area contributed by atoms with Crippen LogP contribution in [0, 0.1) is 0 Å². The number of hydrogen-bond acceptors (Lipinski definition) is 3. The maximum absolute atomic E-state index is 6.16. The van der Waals surface area contributed by atoms with Gasteiger partial charge in [0.2, 0.25) is 0 Å². The summed E-state index contributed by atoms with van der Waals surface area (Å²) < 4.78 is 5.17.